The summed E-state index contributed by atoms with van der Waals surface area (Å²) in [6.45, 7) is 3.99. The minimum Gasteiger partial charge on any atom is -0.872 e. The number of aliphatic carboxylic acids is 1. The molecule has 8 heteroatoms. The molecule has 2 aliphatic rings. The maximum absolute atomic E-state index is 12.2. The minimum atomic E-state index is -1.04. The Bertz CT molecular complexity index is 1320. The molecule has 0 bridgehead atoms. The van der Waals surface area contributed by atoms with Gasteiger partial charge in [-0.25, -0.2) is 0 Å². The number of aliphatic hydroxyl groups is 3. The van der Waals surface area contributed by atoms with E-state index in [1.165, 1.54) is 31.7 Å². The summed E-state index contributed by atoms with van der Waals surface area (Å²) in [5.41, 5.74) is 2.77. The lowest BCUT2D eigenvalue weighted by Gasteiger charge is -2.32. The molecule has 5 N–H and O–H groups in total. The number of aromatic nitrogens is 1. The molecule has 1 aliphatic carbocycles. The van der Waals surface area contributed by atoms with Crippen molar-refractivity contribution in [2.24, 2.45) is 22.7 Å². The number of H-pyrrole nitrogens is 1. The molecule has 1 aromatic carbocycles. The molecule has 1 saturated carbocycles. The summed E-state index contributed by atoms with van der Waals surface area (Å²) in [6, 6.07) is 10.7. The lowest BCUT2D eigenvalue weighted by atomic mass is 9.81. The molecule has 8 nitrogen and oxygen atoms in total. The van der Waals surface area contributed by atoms with Gasteiger partial charge in [0.15, 0.2) is 6.21 Å². The number of nitrogens with zero attached hydrogens (tertiary/aromatic N) is 1. The van der Waals surface area contributed by atoms with E-state index in [1.54, 1.807) is 18.7 Å². The van der Waals surface area contributed by atoms with Gasteiger partial charge < -0.3 is 30.5 Å². The second kappa shape index (κ2) is 19.2. The first-order chi connectivity index (χ1) is 23.2. The van der Waals surface area contributed by atoms with E-state index in [0.29, 0.717) is 32.1 Å². The van der Waals surface area contributed by atoms with Crippen LogP contribution in [0.4, 0.5) is 0 Å². The molecule has 4 rings (SSSR count). The number of allylic oxidation sites excluding steroid dienone is 1. The predicted octanol–water partition coefficient (Wildman–Crippen LogP) is 7.52. The number of hydrogen-bond acceptors (Lipinski definition) is 6. The molecule has 2 aromatic rings. The molecule has 0 radical (unpaired) electrons. The molecular formula is C40H58N2O6. The molecule has 48 heavy (non-hydrogen) atoms. The number of nitrogens with one attached hydrogen (secondary N) is 1. The fourth-order valence-corrected chi connectivity index (χ4v) is 7.84. The Morgan fingerprint density at radius 1 is 1.00 bits per heavy atom. The number of carbonyl (C=O) groups is 1. The SMILES string of the molecule is CCCCCCCC(O)CCCCCCC(C(=O)O)C(O)CCC1(O)CC(CC2=C[CH+]N=C2)CC1Cc1ccc(-c2cccc([O-])c2)[nH]1. The highest BCUT2D eigenvalue weighted by atomic mass is 16.4. The molecule has 6 unspecified atom stereocenters. The predicted molar refractivity (Wildman–Crippen MR) is 189 cm³/mol. The van der Waals surface area contributed by atoms with E-state index in [1.807, 2.05) is 30.5 Å². The average Bonchev–Trinajstić information content (AvgIpc) is 3.81. The molecule has 1 aliphatic heterocycles. The molecule has 0 saturated heterocycles. The van der Waals surface area contributed by atoms with Crippen LogP contribution < -0.4 is 5.11 Å². The van der Waals surface area contributed by atoms with Gasteiger partial charge in [0.2, 0.25) is 0 Å². The first kappa shape index (κ1) is 37.7. The molecule has 0 spiro atoms. The molecule has 1 aromatic heterocycles. The van der Waals surface area contributed by atoms with Crippen molar-refractivity contribution < 1.29 is 30.3 Å². The fraction of sp³-hybridized carbons (Fsp3) is 0.625. The molecule has 1 fully saturated rings. The van der Waals surface area contributed by atoms with Crippen molar-refractivity contribution in [3.05, 3.63) is 60.3 Å². The molecule has 264 valence electrons. The lowest BCUT2D eigenvalue weighted by molar-refractivity contribution is -0.268. The summed E-state index contributed by atoms with van der Waals surface area (Å²) >= 11 is 0. The number of hydrogen-bond donors (Lipinski definition) is 5. The van der Waals surface area contributed by atoms with Gasteiger partial charge in [-0.1, -0.05) is 89.0 Å². The van der Waals surface area contributed by atoms with E-state index in [0.717, 1.165) is 73.9 Å². The highest BCUT2D eigenvalue weighted by Gasteiger charge is 2.47. The Hall–Kier alpha value is -3.07. The number of aliphatic hydroxyl groups excluding tert-OH is 2. The minimum absolute atomic E-state index is 0.0458. The Morgan fingerprint density at radius 2 is 1.73 bits per heavy atom. The average molecular weight is 663 g/mol. The van der Waals surface area contributed by atoms with Crippen LogP contribution in [-0.2, 0) is 11.2 Å². The van der Waals surface area contributed by atoms with E-state index >= 15 is 0 Å². The number of rotatable bonds is 23. The maximum Gasteiger partial charge on any atom is 0.309 e. The van der Waals surface area contributed by atoms with E-state index in [9.17, 15) is 30.3 Å². The first-order valence-corrected chi connectivity index (χ1v) is 18.5. The van der Waals surface area contributed by atoms with Crippen LogP contribution in [0.3, 0.4) is 0 Å². The van der Waals surface area contributed by atoms with Gasteiger partial charge >= 0.3 is 5.97 Å². The third-order valence-electron chi connectivity index (χ3n) is 10.6. The van der Waals surface area contributed by atoms with Crippen LogP contribution in [0.25, 0.3) is 11.3 Å². The van der Waals surface area contributed by atoms with Crippen molar-refractivity contribution in [2.45, 2.75) is 140 Å². The Labute approximate surface area is 287 Å². The number of aromatic amines is 1. The fourth-order valence-electron chi connectivity index (χ4n) is 7.84. The third-order valence-corrected chi connectivity index (χ3v) is 10.6. The lowest BCUT2D eigenvalue weighted by Crippen LogP contribution is -2.37. The zero-order chi connectivity index (χ0) is 34.4. The Morgan fingerprint density at radius 3 is 2.40 bits per heavy atom. The molecule has 6 atom stereocenters. The van der Waals surface area contributed by atoms with E-state index in [-0.39, 0.29) is 30.1 Å². The summed E-state index contributed by atoms with van der Waals surface area (Å²) < 4.78 is 0. The summed E-state index contributed by atoms with van der Waals surface area (Å²) in [5, 5.41) is 55.3. The van der Waals surface area contributed by atoms with E-state index in [4.69, 9.17) is 0 Å². The monoisotopic (exact) mass is 662 g/mol. The van der Waals surface area contributed by atoms with E-state index in [2.05, 4.69) is 16.9 Å². The highest BCUT2D eigenvalue weighted by Crippen LogP contribution is 2.47. The standard InChI is InChI=1S/C40H58N2O6/c1-2-3-4-5-8-13-34(43)14-9-6-7-10-16-36(39(46)47)38(45)19-21-40(48)27-30(23-29-20-22-41-28-29)24-32(40)26-33-17-18-37(42-33)31-12-11-15-35(44)25-31/h11-12,15,17-18,20,22,25,28,30,32,34,36,38,42-43,45,48H,2-10,13-14,16,19,21,23-24,26-27H2,1H3,(H-,44,46,47). The number of unbranched alkanes of at least 4 members (excludes halogenated alkanes) is 7. The van der Waals surface area contributed by atoms with Crippen LogP contribution in [0.5, 0.6) is 5.75 Å². The van der Waals surface area contributed by atoms with Gasteiger partial charge in [0, 0.05) is 17.8 Å². The van der Waals surface area contributed by atoms with Crippen molar-refractivity contribution in [1.82, 2.24) is 4.98 Å². The zero-order valence-corrected chi connectivity index (χ0v) is 28.9. The van der Waals surface area contributed by atoms with Gasteiger partial charge in [-0.2, -0.15) is 0 Å². The van der Waals surface area contributed by atoms with Gasteiger partial charge in [-0.05, 0) is 80.9 Å². The van der Waals surface area contributed by atoms with Crippen LogP contribution in [0.2, 0.25) is 0 Å². The number of benzene rings is 1. The quantitative estimate of drug-likeness (QED) is 0.0614. The van der Waals surface area contributed by atoms with Gasteiger partial charge in [0.05, 0.1) is 29.8 Å². The molecule has 0 amide bonds. The van der Waals surface area contributed by atoms with Crippen LogP contribution in [0.1, 0.15) is 122 Å². The van der Waals surface area contributed by atoms with Crippen molar-refractivity contribution >= 4 is 12.2 Å². The number of carboxylic acids is 1. The topological polar surface area (TPSA) is 149 Å². The van der Waals surface area contributed by atoms with Crippen LogP contribution >= 0.6 is 0 Å². The van der Waals surface area contributed by atoms with E-state index < -0.39 is 23.6 Å². The van der Waals surface area contributed by atoms with Crippen molar-refractivity contribution in [1.29, 1.82) is 0 Å². The maximum atomic E-state index is 12.2. The Balaban J connectivity index is 1.27. The summed E-state index contributed by atoms with van der Waals surface area (Å²) in [4.78, 5) is 19.8. The smallest absolute Gasteiger partial charge is 0.309 e. The zero-order valence-electron chi connectivity index (χ0n) is 28.9. The number of aliphatic imine (C=N–C) groups is 1. The molecule has 2 heterocycles. The third kappa shape index (κ3) is 11.8. The summed E-state index contributed by atoms with van der Waals surface area (Å²) in [5.74, 6) is -1.71. The van der Waals surface area contributed by atoms with Gasteiger partial charge in [-0.15, -0.1) is 10.7 Å². The normalized spacial score (nSPS) is 22.4. The van der Waals surface area contributed by atoms with Crippen LogP contribution in [0, 0.1) is 24.3 Å². The largest absolute Gasteiger partial charge is 0.872 e. The van der Waals surface area contributed by atoms with Crippen molar-refractivity contribution in [3.8, 4) is 17.0 Å². The first-order valence-electron chi connectivity index (χ1n) is 18.5. The van der Waals surface area contributed by atoms with Crippen LogP contribution in [0.15, 0.2) is 53.0 Å². The van der Waals surface area contributed by atoms with Gasteiger partial charge in [0.1, 0.15) is 12.1 Å². The molecular weight excluding hydrogens is 604 g/mol. The number of carboxylic acid groups (broad SMARTS) is 1. The second-order valence-corrected chi connectivity index (χ2v) is 14.5. The van der Waals surface area contributed by atoms with Gasteiger partial charge in [-0.3, -0.25) is 4.79 Å². The van der Waals surface area contributed by atoms with Crippen LogP contribution in [-0.4, -0.2) is 55.4 Å². The summed E-state index contributed by atoms with van der Waals surface area (Å²) in [7, 11) is 0. The van der Waals surface area contributed by atoms with Crippen molar-refractivity contribution in [3.63, 3.8) is 0 Å². The highest BCUT2D eigenvalue weighted by molar-refractivity contribution is 5.82. The Kier molecular flexibility index (Phi) is 15.1. The second-order valence-electron chi connectivity index (χ2n) is 14.5. The van der Waals surface area contributed by atoms with Gasteiger partial charge in [0.25, 0.3) is 0 Å². The summed E-state index contributed by atoms with van der Waals surface area (Å²) in [6.07, 6.45) is 17.5. The van der Waals surface area contributed by atoms with Crippen molar-refractivity contribution in [2.75, 3.05) is 0 Å².